The van der Waals surface area contributed by atoms with Gasteiger partial charge in [-0.2, -0.15) is 5.10 Å². The third kappa shape index (κ3) is 4.57. The quantitative estimate of drug-likeness (QED) is 0.884. The molecule has 2 rings (SSSR count). The highest BCUT2D eigenvalue weighted by Crippen LogP contribution is 2.30. The number of benzene rings is 1. The van der Waals surface area contributed by atoms with Gasteiger partial charge in [-0.3, -0.25) is 4.79 Å². The molecule has 0 aliphatic carbocycles. The second-order valence-corrected chi connectivity index (χ2v) is 7.01. The number of aromatic nitrogens is 3. The molecule has 6 nitrogen and oxygen atoms in total. The van der Waals surface area contributed by atoms with Crippen molar-refractivity contribution in [1.82, 2.24) is 20.1 Å². The summed E-state index contributed by atoms with van der Waals surface area (Å²) in [4.78, 5) is 16.1. The van der Waals surface area contributed by atoms with Crippen molar-refractivity contribution in [1.29, 1.82) is 0 Å². The van der Waals surface area contributed by atoms with Crippen LogP contribution in [0.4, 0.5) is 0 Å². The van der Waals surface area contributed by atoms with Crippen LogP contribution in [-0.2, 0) is 10.2 Å². The summed E-state index contributed by atoms with van der Waals surface area (Å²) in [5, 5.41) is 7.04. The second-order valence-electron chi connectivity index (χ2n) is 7.01. The minimum absolute atomic E-state index is 0.0123. The molecule has 0 bridgehead atoms. The van der Waals surface area contributed by atoms with E-state index in [-0.39, 0.29) is 30.0 Å². The van der Waals surface area contributed by atoms with Gasteiger partial charge in [0.15, 0.2) is 6.61 Å². The van der Waals surface area contributed by atoms with E-state index in [4.69, 9.17) is 4.74 Å². The van der Waals surface area contributed by atoms with Crippen molar-refractivity contribution < 1.29 is 9.53 Å². The van der Waals surface area contributed by atoms with Gasteiger partial charge in [-0.25, -0.2) is 9.67 Å². The van der Waals surface area contributed by atoms with E-state index < -0.39 is 0 Å². The average Bonchev–Trinajstić information content (AvgIpc) is 3.06. The van der Waals surface area contributed by atoms with E-state index >= 15 is 0 Å². The molecule has 130 valence electrons. The number of nitrogens with one attached hydrogen (secondary N) is 1. The molecule has 2 atom stereocenters. The van der Waals surface area contributed by atoms with Crippen LogP contribution < -0.4 is 10.1 Å². The number of carbonyl (C=O) groups is 1. The Balaban J connectivity index is 1.92. The van der Waals surface area contributed by atoms with Crippen molar-refractivity contribution in [3.8, 4) is 5.75 Å². The summed E-state index contributed by atoms with van der Waals surface area (Å²) < 4.78 is 7.47. The zero-order valence-electron chi connectivity index (χ0n) is 15.0. The molecule has 1 N–H and O–H groups in total. The molecule has 24 heavy (non-hydrogen) atoms. The van der Waals surface area contributed by atoms with Gasteiger partial charge in [0.1, 0.15) is 18.4 Å². The number of para-hydroxylation sites is 1. The largest absolute Gasteiger partial charge is 0.483 e. The standard InChI is InChI=1S/C18H26N4O2/c1-13(14(2)22-12-19-11-20-22)21-17(23)10-24-16-9-7-6-8-15(16)18(3,4)5/h6-9,11-14H,10H2,1-5H3,(H,21,23)/t13-,14+/m0/s1. The predicted octanol–water partition coefficient (Wildman–Crippen LogP) is 2.72. The van der Waals surface area contributed by atoms with E-state index in [1.54, 1.807) is 11.0 Å². The first-order chi connectivity index (χ1) is 11.3. The van der Waals surface area contributed by atoms with Gasteiger partial charge in [-0.05, 0) is 30.9 Å². The smallest absolute Gasteiger partial charge is 0.258 e. The summed E-state index contributed by atoms with van der Waals surface area (Å²) in [6.45, 7) is 10.3. The molecule has 0 saturated carbocycles. The Labute approximate surface area is 143 Å². The maximum Gasteiger partial charge on any atom is 0.258 e. The lowest BCUT2D eigenvalue weighted by Crippen LogP contribution is -2.40. The summed E-state index contributed by atoms with van der Waals surface area (Å²) in [6.07, 6.45) is 3.13. The minimum atomic E-state index is -0.154. The number of amides is 1. The van der Waals surface area contributed by atoms with Gasteiger partial charge >= 0.3 is 0 Å². The van der Waals surface area contributed by atoms with Crippen molar-refractivity contribution in [2.75, 3.05) is 6.61 Å². The summed E-state index contributed by atoms with van der Waals surface area (Å²) in [5.74, 6) is 0.593. The summed E-state index contributed by atoms with van der Waals surface area (Å²) in [6, 6.07) is 7.75. The number of hydrogen-bond donors (Lipinski definition) is 1. The molecule has 0 aliphatic rings. The Kier molecular flexibility index (Phi) is 5.59. The monoisotopic (exact) mass is 330 g/mol. The van der Waals surface area contributed by atoms with Crippen LogP contribution >= 0.6 is 0 Å². The normalized spacial score (nSPS) is 14.0. The van der Waals surface area contributed by atoms with E-state index in [1.165, 1.54) is 6.33 Å². The highest BCUT2D eigenvalue weighted by atomic mass is 16.5. The summed E-state index contributed by atoms with van der Waals surface area (Å²) in [7, 11) is 0. The Bertz CT molecular complexity index is 662. The molecule has 1 amide bonds. The summed E-state index contributed by atoms with van der Waals surface area (Å²) in [5.41, 5.74) is 1.05. The van der Waals surface area contributed by atoms with Crippen LogP contribution in [0.2, 0.25) is 0 Å². The third-order valence-corrected chi connectivity index (χ3v) is 4.02. The lowest BCUT2D eigenvalue weighted by Gasteiger charge is -2.23. The molecule has 0 fully saturated rings. The molecular weight excluding hydrogens is 304 g/mol. The lowest BCUT2D eigenvalue weighted by molar-refractivity contribution is -0.124. The number of hydrogen-bond acceptors (Lipinski definition) is 4. The lowest BCUT2D eigenvalue weighted by atomic mass is 9.86. The van der Waals surface area contributed by atoms with Gasteiger partial charge in [0.05, 0.1) is 6.04 Å². The first kappa shape index (κ1) is 18.0. The molecule has 0 unspecified atom stereocenters. The first-order valence-corrected chi connectivity index (χ1v) is 8.15. The van der Waals surface area contributed by atoms with E-state index in [0.29, 0.717) is 0 Å². The zero-order valence-corrected chi connectivity index (χ0v) is 15.0. The van der Waals surface area contributed by atoms with Gasteiger partial charge < -0.3 is 10.1 Å². The van der Waals surface area contributed by atoms with E-state index in [0.717, 1.165) is 11.3 Å². The SMILES string of the molecule is C[C@H](NC(=O)COc1ccccc1C(C)(C)C)[C@@H](C)n1cncn1. The fourth-order valence-corrected chi connectivity index (χ4v) is 2.43. The van der Waals surface area contributed by atoms with E-state index in [1.807, 2.05) is 38.1 Å². The number of carbonyl (C=O) groups excluding carboxylic acids is 1. The molecular formula is C18H26N4O2. The molecule has 2 aromatic rings. The number of ether oxygens (including phenoxy) is 1. The van der Waals surface area contributed by atoms with Crippen molar-refractivity contribution in [3.05, 3.63) is 42.5 Å². The molecule has 1 aromatic carbocycles. The van der Waals surface area contributed by atoms with Gasteiger partial charge in [0, 0.05) is 6.04 Å². The average molecular weight is 330 g/mol. The van der Waals surface area contributed by atoms with Crippen LogP contribution in [-0.4, -0.2) is 33.3 Å². The van der Waals surface area contributed by atoms with E-state index in [2.05, 4.69) is 36.2 Å². The fraction of sp³-hybridized carbons (Fsp3) is 0.500. The Morgan fingerprint density at radius 1 is 1.29 bits per heavy atom. The van der Waals surface area contributed by atoms with Crippen molar-refractivity contribution >= 4 is 5.91 Å². The van der Waals surface area contributed by atoms with Crippen LogP contribution in [0.25, 0.3) is 0 Å². The van der Waals surface area contributed by atoms with Crippen LogP contribution in [0.5, 0.6) is 5.75 Å². The number of rotatable bonds is 6. The second kappa shape index (κ2) is 7.47. The van der Waals surface area contributed by atoms with Crippen molar-refractivity contribution in [2.45, 2.75) is 52.1 Å². The van der Waals surface area contributed by atoms with Crippen molar-refractivity contribution in [2.24, 2.45) is 0 Å². The topological polar surface area (TPSA) is 69.0 Å². The highest BCUT2D eigenvalue weighted by molar-refractivity contribution is 5.77. The fourth-order valence-electron chi connectivity index (χ4n) is 2.43. The van der Waals surface area contributed by atoms with Crippen molar-refractivity contribution in [3.63, 3.8) is 0 Å². The Morgan fingerprint density at radius 3 is 2.62 bits per heavy atom. The van der Waals surface area contributed by atoms with Gasteiger partial charge in [-0.1, -0.05) is 39.0 Å². The van der Waals surface area contributed by atoms with E-state index in [9.17, 15) is 4.79 Å². The number of nitrogens with zero attached hydrogens (tertiary/aromatic N) is 3. The van der Waals surface area contributed by atoms with Crippen LogP contribution in [0.15, 0.2) is 36.9 Å². The van der Waals surface area contributed by atoms with Gasteiger partial charge in [0.2, 0.25) is 0 Å². The molecule has 0 radical (unpaired) electrons. The maximum atomic E-state index is 12.2. The predicted molar refractivity (Wildman–Crippen MR) is 93.0 cm³/mol. The molecule has 1 heterocycles. The van der Waals surface area contributed by atoms with Crippen LogP contribution in [0, 0.1) is 0 Å². The Hall–Kier alpha value is -2.37. The first-order valence-electron chi connectivity index (χ1n) is 8.15. The highest BCUT2D eigenvalue weighted by Gasteiger charge is 2.20. The zero-order chi connectivity index (χ0) is 17.7. The van der Waals surface area contributed by atoms with Crippen LogP contribution in [0.3, 0.4) is 0 Å². The molecule has 0 aliphatic heterocycles. The molecule has 6 heteroatoms. The third-order valence-electron chi connectivity index (χ3n) is 4.02. The van der Waals surface area contributed by atoms with Gasteiger partial charge in [0.25, 0.3) is 5.91 Å². The minimum Gasteiger partial charge on any atom is -0.483 e. The summed E-state index contributed by atoms with van der Waals surface area (Å²) >= 11 is 0. The molecule has 1 aromatic heterocycles. The molecule has 0 spiro atoms. The maximum absolute atomic E-state index is 12.2. The van der Waals surface area contributed by atoms with Crippen LogP contribution in [0.1, 0.15) is 46.2 Å². The van der Waals surface area contributed by atoms with Gasteiger partial charge in [-0.15, -0.1) is 0 Å². The Morgan fingerprint density at radius 2 is 2.00 bits per heavy atom. The molecule has 0 saturated heterocycles.